The van der Waals surface area contributed by atoms with Crippen LogP contribution in [0.5, 0.6) is 0 Å². The molecule has 0 fully saturated rings. The van der Waals surface area contributed by atoms with E-state index in [1.54, 1.807) is 6.07 Å². The summed E-state index contributed by atoms with van der Waals surface area (Å²) in [7, 11) is 0. The number of benzene rings is 1. The molecule has 0 radical (unpaired) electrons. The molecular formula is C16H19FN2. The van der Waals surface area contributed by atoms with Crippen LogP contribution in [0.3, 0.4) is 0 Å². The van der Waals surface area contributed by atoms with E-state index >= 15 is 0 Å². The van der Waals surface area contributed by atoms with Crippen molar-refractivity contribution < 1.29 is 4.39 Å². The number of aromatic nitrogens is 1. The molecule has 1 unspecified atom stereocenters. The monoisotopic (exact) mass is 258 g/mol. The zero-order chi connectivity index (χ0) is 13.7. The number of aryl methyl sites for hydroxylation is 1. The van der Waals surface area contributed by atoms with Crippen LogP contribution in [0.25, 0.3) is 0 Å². The molecule has 2 aromatic rings. The summed E-state index contributed by atoms with van der Waals surface area (Å²) in [6.45, 7) is 5.02. The summed E-state index contributed by atoms with van der Waals surface area (Å²) in [5.74, 6) is -0.305. The lowest BCUT2D eigenvalue weighted by Crippen LogP contribution is -2.23. The summed E-state index contributed by atoms with van der Waals surface area (Å²) < 4.78 is 13.0. The van der Waals surface area contributed by atoms with Crippen molar-refractivity contribution in [1.82, 2.24) is 10.3 Å². The molecule has 0 aliphatic rings. The van der Waals surface area contributed by atoms with Gasteiger partial charge in [-0.25, -0.2) is 4.39 Å². The lowest BCUT2D eigenvalue weighted by molar-refractivity contribution is 0.594. The topological polar surface area (TPSA) is 24.9 Å². The molecule has 0 aliphatic carbocycles. The smallest absolute Gasteiger partial charge is 0.141 e. The molecule has 1 N–H and O–H groups in total. The van der Waals surface area contributed by atoms with Crippen LogP contribution in [0.2, 0.25) is 0 Å². The third-order valence-corrected chi connectivity index (χ3v) is 3.18. The van der Waals surface area contributed by atoms with Crippen LogP contribution in [0.1, 0.15) is 36.7 Å². The third-order valence-electron chi connectivity index (χ3n) is 3.18. The van der Waals surface area contributed by atoms with Gasteiger partial charge >= 0.3 is 0 Å². The molecule has 100 valence electrons. The van der Waals surface area contributed by atoms with Gasteiger partial charge in [0.15, 0.2) is 0 Å². The van der Waals surface area contributed by atoms with Crippen molar-refractivity contribution in [2.45, 2.75) is 26.3 Å². The van der Waals surface area contributed by atoms with Gasteiger partial charge in [0, 0.05) is 0 Å². The Morgan fingerprint density at radius 2 is 1.84 bits per heavy atom. The number of pyridine rings is 1. The Hall–Kier alpha value is -1.74. The van der Waals surface area contributed by atoms with E-state index in [9.17, 15) is 4.39 Å². The number of hydrogen-bond acceptors (Lipinski definition) is 2. The SMILES string of the molecule is CCNC(c1ccc(CC)cc1)c1ccc(F)cn1. The van der Waals surface area contributed by atoms with Crippen LogP contribution in [-0.4, -0.2) is 11.5 Å². The maximum atomic E-state index is 13.0. The van der Waals surface area contributed by atoms with E-state index in [2.05, 4.69) is 48.4 Å². The highest BCUT2D eigenvalue weighted by Gasteiger charge is 2.14. The van der Waals surface area contributed by atoms with Gasteiger partial charge in [-0.3, -0.25) is 4.98 Å². The minimum absolute atomic E-state index is 0.0107. The highest BCUT2D eigenvalue weighted by Crippen LogP contribution is 2.21. The van der Waals surface area contributed by atoms with Crippen molar-refractivity contribution in [3.63, 3.8) is 0 Å². The Morgan fingerprint density at radius 1 is 1.11 bits per heavy atom. The molecule has 2 rings (SSSR count). The summed E-state index contributed by atoms with van der Waals surface area (Å²) in [5, 5.41) is 3.39. The molecule has 0 saturated carbocycles. The molecule has 1 atom stereocenters. The Balaban J connectivity index is 2.30. The van der Waals surface area contributed by atoms with E-state index in [1.165, 1.54) is 17.8 Å². The van der Waals surface area contributed by atoms with Gasteiger partial charge < -0.3 is 5.32 Å². The fourth-order valence-corrected chi connectivity index (χ4v) is 2.10. The van der Waals surface area contributed by atoms with Gasteiger partial charge in [0.2, 0.25) is 0 Å². The summed E-state index contributed by atoms with van der Waals surface area (Å²) in [6.07, 6.45) is 2.29. The highest BCUT2D eigenvalue weighted by atomic mass is 19.1. The van der Waals surface area contributed by atoms with Gasteiger partial charge in [0.05, 0.1) is 17.9 Å². The number of halogens is 1. The highest BCUT2D eigenvalue weighted by molar-refractivity contribution is 5.30. The van der Waals surface area contributed by atoms with Crippen LogP contribution in [0, 0.1) is 5.82 Å². The lowest BCUT2D eigenvalue weighted by atomic mass is 10.0. The van der Waals surface area contributed by atoms with Gasteiger partial charge in [-0.05, 0) is 36.2 Å². The van der Waals surface area contributed by atoms with Gasteiger partial charge in [0.25, 0.3) is 0 Å². The number of hydrogen-bond donors (Lipinski definition) is 1. The molecule has 0 aliphatic heterocycles. The fraction of sp³-hybridized carbons (Fsp3) is 0.312. The Kier molecular flexibility index (Phi) is 4.63. The summed E-state index contributed by atoms with van der Waals surface area (Å²) in [4.78, 5) is 4.18. The zero-order valence-corrected chi connectivity index (χ0v) is 11.4. The lowest BCUT2D eigenvalue weighted by Gasteiger charge is -2.18. The minimum Gasteiger partial charge on any atom is -0.305 e. The van der Waals surface area contributed by atoms with Crippen molar-refractivity contribution in [3.8, 4) is 0 Å². The van der Waals surface area contributed by atoms with E-state index in [0.29, 0.717) is 0 Å². The molecule has 0 amide bonds. The Labute approximate surface area is 113 Å². The maximum absolute atomic E-state index is 13.0. The van der Waals surface area contributed by atoms with E-state index < -0.39 is 0 Å². The van der Waals surface area contributed by atoms with Crippen LogP contribution < -0.4 is 5.32 Å². The van der Waals surface area contributed by atoms with Crippen molar-refractivity contribution in [2.24, 2.45) is 0 Å². The summed E-state index contributed by atoms with van der Waals surface area (Å²) in [6, 6.07) is 11.7. The predicted octanol–water partition coefficient (Wildman–Crippen LogP) is 3.48. The standard InChI is InChI=1S/C16H19FN2/c1-3-12-5-7-13(8-6-12)16(18-4-2)15-10-9-14(17)11-19-15/h5-11,16,18H,3-4H2,1-2H3. The van der Waals surface area contributed by atoms with E-state index in [1.807, 2.05) is 0 Å². The zero-order valence-electron chi connectivity index (χ0n) is 11.4. The van der Waals surface area contributed by atoms with Gasteiger partial charge in [-0.2, -0.15) is 0 Å². The van der Waals surface area contributed by atoms with E-state index in [0.717, 1.165) is 24.2 Å². The second kappa shape index (κ2) is 6.43. The number of nitrogens with zero attached hydrogens (tertiary/aromatic N) is 1. The average Bonchev–Trinajstić information content (AvgIpc) is 2.46. The maximum Gasteiger partial charge on any atom is 0.141 e. The van der Waals surface area contributed by atoms with Gasteiger partial charge in [-0.1, -0.05) is 38.1 Å². The normalized spacial score (nSPS) is 12.4. The second-order valence-corrected chi connectivity index (χ2v) is 4.49. The molecule has 19 heavy (non-hydrogen) atoms. The number of nitrogens with one attached hydrogen (secondary N) is 1. The molecule has 0 spiro atoms. The first kappa shape index (κ1) is 13.7. The molecule has 2 nitrogen and oxygen atoms in total. The second-order valence-electron chi connectivity index (χ2n) is 4.49. The first-order chi connectivity index (χ1) is 9.24. The molecule has 1 aromatic heterocycles. The minimum atomic E-state index is -0.305. The van der Waals surface area contributed by atoms with Crippen LogP contribution >= 0.6 is 0 Å². The Morgan fingerprint density at radius 3 is 2.37 bits per heavy atom. The van der Waals surface area contributed by atoms with E-state index in [-0.39, 0.29) is 11.9 Å². The van der Waals surface area contributed by atoms with Crippen molar-refractivity contribution in [3.05, 3.63) is 65.2 Å². The molecule has 1 heterocycles. The van der Waals surface area contributed by atoms with Gasteiger partial charge in [0.1, 0.15) is 5.82 Å². The first-order valence-corrected chi connectivity index (χ1v) is 6.68. The van der Waals surface area contributed by atoms with Crippen molar-refractivity contribution >= 4 is 0 Å². The molecule has 0 bridgehead atoms. The predicted molar refractivity (Wildman–Crippen MR) is 75.5 cm³/mol. The fourth-order valence-electron chi connectivity index (χ4n) is 2.10. The largest absolute Gasteiger partial charge is 0.305 e. The van der Waals surface area contributed by atoms with Crippen LogP contribution in [-0.2, 0) is 6.42 Å². The average molecular weight is 258 g/mol. The van der Waals surface area contributed by atoms with Crippen molar-refractivity contribution in [2.75, 3.05) is 6.54 Å². The summed E-state index contributed by atoms with van der Waals surface area (Å²) >= 11 is 0. The van der Waals surface area contributed by atoms with Gasteiger partial charge in [-0.15, -0.1) is 0 Å². The van der Waals surface area contributed by atoms with Crippen LogP contribution in [0.4, 0.5) is 4.39 Å². The van der Waals surface area contributed by atoms with Crippen molar-refractivity contribution in [1.29, 1.82) is 0 Å². The first-order valence-electron chi connectivity index (χ1n) is 6.68. The van der Waals surface area contributed by atoms with E-state index in [4.69, 9.17) is 0 Å². The molecule has 1 aromatic carbocycles. The molecule has 0 saturated heterocycles. The molecular weight excluding hydrogens is 239 g/mol. The molecule has 3 heteroatoms. The Bertz CT molecular complexity index is 505. The third kappa shape index (κ3) is 3.38. The summed E-state index contributed by atoms with van der Waals surface area (Å²) in [5.41, 5.74) is 3.30. The number of rotatable bonds is 5. The quantitative estimate of drug-likeness (QED) is 0.888. The van der Waals surface area contributed by atoms with Crippen LogP contribution in [0.15, 0.2) is 42.6 Å².